The number of nitrogens with zero attached hydrogens (tertiary/aromatic N) is 1. The molecule has 2 aromatic carbocycles. The highest BCUT2D eigenvalue weighted by atomic mass is 32.2. The van der Waals surface area contributed by atoms with Crippen molar-refractivity contribution in [2.24, 2.45) is 5.92 Å². The molecule has 6 heteroatoms. The molecule has 1 saturated carbocycles. The van der Waals surface area contributed by atoms with Gasteiger partial charge in [0.25, 0.3) is 0 Å². The molecule has 0 N–H and O–H groups in total. The summed E-state index contributed by atoms with van der Waals surface area (Å²) in [6.07, 6.45) is 1.58. The van der Waals surface area contributed by atoms with Gasteiger partial charge < -0.3 is 9.32 Å². The average molecular weight is 464 g/mol. The lowest BCUT2D eigenvalue weighted by Gasteiger charge is -2.31. The Kier molecular flexibility index (Phi) is 5.87. The SMILES string of the molecule is CC1CC1c1ccc(CN(C(=O)C(c2ccccc2)c2ccccc2)C2CCS(=O)(=O)C2)o1. The maximum Gasteiger partial charge on any atom is 0.235 e. The van der Waals surface area contributed by atoms with Gasteiger partial charge in [-0.05, 0) is 42.0 Å². The number of rotatable bonds is 7. The van der Waals surface area contributed by atoms with Crippen LogP contribution in [0.2, 0.25) is 0 Å². The van der Waals surface area contributed by atoms with Gasteiger partial charge in [-0.3, -0.25) is 4.79 Å². The third-order valence-electron chi connectivity index (χ3n) is 6.93. The zero-order chi connectivity index (χ0) is 23.0. The number of hydrogen-bond donors (Lipinski definition) is 0. The largest absolute Gasteiger partial charge is 0.464 e. The predicted octanol–water partition coefficient (Wildman–Crippen LogP) is 4.75. The third kappa shape index (κ3) is 4.76. The molecule has 2 fully saturated rings. The van der Waals surface area contributed by atoms with E-state index in [1.54, 1.807) is 4.90 Å². The molecule has 0 bridgehead atoms. The summed E-state index contributed by atoms with van der Waals surface area (Å²) in [7, 11) is -3.15. The summed E-state index contributed by atoms with van der Waals surface area (Å²) in [5.74, 6) is 2.28. The summed E-state index contributed by atoms with van der Waals surface area (Å²) in [5, 5.41) is 0. The first-order chi connectivity index (χ1) is 15.9. The maximum absolute atomic E-state index is 14.1. The van der Waals surface area contributed by atoms with Crippen LogP contribution >= 0.6 is 0 Å². The highest BCUT2D eigenvalue weighted by Crippen LogP contribution is 2.47. The van der Waals surface area contributed by atoms with E-state index in [9.17, 15) is 13.2 Å². The van der Waals surface area contributed by atoms with Crippen molar-refractivity contribution in [1.29, 1.82) is 0 Å². The quantitative estimate of drug-likeness (QED) is 0.507. The van der Waals surface area contributed by atoms with E-state index >= 15 is 0 Å². The van der Waals surface area contributed by atoms with E-state index in [2.05, 4.69) is 6.92 Å². The average Bonchev–Trinajstić information content (AvgIpc) is 3.18. The number of furan rings is 1. The molecule has 1 aromatic heterocycles. The summed E-state index contributed by atoms with van der Waals surface area (Å²) in [4.78, 5) is 15.9. The molecule has 0 spiro atoms. The van der Waals surface area contributed by atoms with Crippen LogP contribution in [-0.4, -0.2) is 36.8 Å². The highest BCUT2D eigenvalue weighted by Gasteiger charge is 2.39. The van der Waals surface area contributed by atoms with Gasteiger partial charge in [-0.2, -0.15) is 0 Å². The summed E-state index contributed by atoms with van der Waals surface area (Å²) in [6, 6.07) is 23.0. The van der Waals surface area contributed by atoms with Gasteiger partial charge in [0.2, 0.25) is 5.91 Å². The first-order valence-electron chi connectivity index (χ1n) is 11.6. The minimum Gasteiger partial charge on any atom is -0.464 e. The molecule has 1 saturated heterocycles. The topological polar surface area (TPSA) is 67.6 Å². The number of hydrogen-bond acceptors (Lipinski definition) is 4. The van der Waals surface area contributed by atoms with Crippen LogP contribution in [0.4, 0.5) is 0 Å². The lowest BCUT2D eigenvalue weighted by atomic mass is 9.89. The molecule has 3 aromatic rings. The van der Waals surface area contributed by atoms with Crippen molar-refractivity contribution in [2.75, 3.05) is 11.5 Å². The molecular formula is C27H29NO4S. The minimum atomic E-state index is -3.15. The Morgan fingerprint density at radius 2 is 1.61 bits per heavy atom. The Labute approximate surface area is 195 Å². The third-order valence-corrected chi connectivity index (χ3v) is 8.68. The monoisotopic (exact) mass is 463 g/mol. The van der Waals surface area contributed by atoms with Gasteiger partial charge >= 0.3 is 0 Å². The van der Waals surface area contributed by atoms with E-state index < -0.39 is 15.8 Å². The number of sulfone groups is 1. The summed E-state index contributed by atoms with van der Waals surface area (Å²) >= 11 is 0. The molecule has 1 amide bonds. The van der Waals surface area contributed by atoms with Gasteiger partial charge in [-0.25, -0.2) is 8.42 Å². The summed E-state index contributed by atoms with van der Waals surface area (Å²) in [6.45, 7) is 2.48. The van der Waals surface area contributed by atoms with Gasteiger partial charge in [0.15, 0.2) is 9.84 Å². The first kappa shape index (κ1) is 22.0. The molecule has 2 aliphatic rings. The van der Waals surface area contributed by atoms with Gasteiger partial charge in [-0.15, -0.1) is 0 Å². The smallest absolute Gasteiger partial charge is 0.235 e. The van der Waals surface area contributed by atoms with Crippen LogP contribution in [0.1, 0.15) is 54.2 Å². The van der Waals surface area contributed by atoms with Crippen LogP contribution in [0.25, 0.3) is 0 Å². The van der Waals surface area contributed by atoms with Gasteiger partial charge in [-0.1, -0.05) is 67.6 Å². The van der Waals surface area contributed by atoms with E-state index in [4.69, 9.17) is 4.42 Å². The Balaban J connectivity index is 1.50. The summed E-state index contributed by atoms with van der Waals surface area (Å²) in [5.41, 5.74) is 1.79. The molecule has 1 aliphatic carbocycles. The second-order valence-corrected chi connectivity index (χ2v) is 11.6. The van der Waals surface area contributed by atoms with Crippen LogP contribution in [0.3, 0.4) is 0 Å². The van der Waals surface area contributed by atoms with Crippen molar-refractivity contribution in [3.8, 4) is 0 Å². The Morgan fingerprint density at radius 1 is 1.00 bits per heavy atom. The van der Waals surface area contributed by atoms with Crippen molar-refractivity contribution in [1.82, 2.24) is 4.90 Å². The molecular weight excluding hydrogens is 434 g/mol. The lowest BCUT2D eigenvalue weighted by molar-refractivity contribution is -0.134. The molecule has 33 heavy (non-hydrogen) atoms. The predicted molar refractivity (Wildman–Crippen MR) is 128 cm³/mol. The highest BCUT2D eigenvalue weighted by molar-refractivity contribution is 7.91. The van der Waals surface area contributed by atoms with Crippen LogP contribution in [0.15, 0.2) is 77.2 Å². The van der Waals surface area contributed by atoms with Crippen molar-refractivity contribution < 1.29 is 17.6 Å². The van der Waals surface area contributed by atoms with Crippen molar-refractivity contribution in [3.05, 3.63) is 95.4 Å². The molecule has 5 nitrogen and oxygen atoms in total. The molecule has 172 valence electrons. The maximum atomic E-state index is 14.1. The molecule has 3 unspecified atom stereocenters. The van der Waals surface area contributed by atoms with Gasteiger partial charge in [0, 0.05) is 12.0 Å². The molecule has 5 rings (SSSR count). The van der Waals surface area contributed by atoms with Crippen LogP contribution < -0.4 is 0 Å². The van der Waals surface area contributed by atoms with E-state index in [-0.39, 0.29) is 30.0 Å². The zero-order valence-electron chi connectivity index (χ0n) is 18.8. The van der Waals surface area contributed by atoms with E-state index in [0.29, 0.717) is 24.0 Å². The van der Waals surface area contributed by atoms with E-state index in [1.807, 2.05) is 72.8 Å². The van der Waals surface area contributed by atoms with Crippen LogP contribution in [0, 0.1) is 5.92 Å². The van der Waals surface area contributed by atoms with Crippen LogP contribution in [0.5, 0.6) is 0 Å². The van der Waals surface area contributed by atoms with Gasteiger partial charge in [0.1, 0.15) is 11.5 Å². The number of benzene rings is 2. The summed E-state index contributed by atoms with van der Waals surface area (Å²) < 4.78 is 30.7. The minimum absolute atomic E-state index is 0.00225. The number of carbonyl (C=O) groups excluding carboxylic acids is 1. The number of amides is 1. The fourth-order valence-electron chi connectivity index (χ4n) is 4.91. The Hall–Kier alpha value is -2.86. The number of carbonyl (C=O) groups is 1. The standard InChI is InChI=1S/C27H29NO4S/c1-19-16-24(19)25-13-12-23(32-25)17-28(22-14-15-33(30,31)18-22)27(29)26(20-8-4-2-5-9-20)21-10-6-3-7-11-21/h2-13,19,22,24,26H,14-18H2,1H3. The van der Waals surface area contributed by atoms with Crippen molar-refractivity contribution in [2.45, 2.75) is 44.2 Å². The van der Waals surface area contributed by atoms with E-state index in [0.717, 1.165) is 23.3 Å². The van der Waals surface area contributed by atoms with Gasteiger partial charge in [0.05, 0.1) is 24.0 Å². The normalized spacial score (nSPS) is 23.5. The molecule has 2 heterocycles. The second-order valence-electron chi connectivity index (χ2n) is 9.40. The molecule has 3 atom stereocenters. The first-order valence-corrected chi connectivity index (χ1v) is 13.4. The fourth-order valence-corrected chi connectivity index (χ4v) is 6.64. The van der Waals surface area contributed by atoms with Crippen molar-refractivity contribution in [3.63, 3.8) is 0 Å². The fraction of sp³-hybridized carbons (Fsp3) is 0.370. The zero-order valence-corrected chi connectivity index (χ0v) is 19.6. The molecule has 0 radical (unpaired) electrons. The Morgan fingerprint density at radius 3 is 2.12 bits per heavy atom. The van der Waals surface area contributed by atoms with E-state index in [1.165, 1.54) is 0 Å². The van der Waals surface area contributed by atoms with Crippen molar-refractivity contribution >= 4 is 15.7 Å². The second kappa shape index (κ2) is 8.82. The Bertz CT molecular complexity index is 1180. The molecule has 1 aliphatic heterocycles. The van der Waals surface area contributed by atoms with Crippen LogP contribution in [-0.2, 0) is 21.2 Å². The lowest BCUT2D eigenvalue weighted by Crippen LogP contribution is -2.43.